The van der Waals surface area contributed by atoms with Crippen molar-refractivity contribution < 1.29 is 28.3 Å². The summed E-state index contributed by atoms with van der Waals surface area (Å²) in [4.78, 5) is 24.0. The third-order valence-corrected chi connectivity index (χ3v) is 7.57. The van der Waals surface area contributed by atoms with Gasteiger partial charge in [-0.15, -0.1) is 0 Å². The number of rotatable bonds is 10. The maximum Gasteiger partial charge on any atom is 0.459 e. The van der Waals surface area contributed by atoms with Crippen molar-refractivity contribution in [3.63, 3.8) is 0 Å². The first-order chi connectivity index (χ1) is 16.2. The fourth-order valence-electron chi connectivity index (χ4n) is 3.63. The number of halogens is 1. The van der Waals surface area contributed by atoms with Crippen molar-refractivity contribution in [3.8, 4) is 11.6 Å². The second-order valence-corrected chi connectivity index (χ2v) is 10.5. The normalized spacial score (nSPS) is 20.3. The van der Waals surface area contributed by atoms with Gasteiger partial charge in [-0.05, 0) is 43.9 Å². The summed E-state index contributed by atoms with van der Waals surface area (Å²) >= 11 is 3.33. The molecule has 14 heteroatoms. The SMILES string of the molecule is COc1nc(N)nc2c1ncn2C1CC(COP(=O)(N[C@@H](C)C(=O)O)Oc2cccc(Br)c2)C1. The van der Waals surface area contributed by atoms with Crippen LogP contribution in [0.1, 0.15) is 25.8 Å². The van der Waals surface area contributed by atoms with E-state index in [4.69, 9.17) is 19.5 Å². The number of carboxylic acid groups (broad SMARTS) is 1. The van der Waals surface area contributed by atoms with Gasteiger partial charge in [-0.3, -0.25) is 9.32 Å². The van der Waals surface area contributed by atoms with Crippen LogP contribution in [0.4, 0.5) is 5.95 Å². The summed E-state index contributed by atoms with van der Waals surface area (Å²) in [6.45, 7) is 1.49. The molecule has 2 aromatic heterocycles. The number of benzene rings is 1. The van der Waals surface area contributed by atoms with E-state index in [1.165, 1.54) is 14.0 Å². The van der Waals surface area contributed by atoms with Crippen LogP contribution in [0.5, 0.6) is 11.6 Å². The number of methoxy groups -OCH3 is 1. The number of carbonyl (C=O) groups is 1. The lowest BCUT2D eigenvalue weighted by molar-refractivity contribution is -0.138. The van der Waals surface area contributed by atoms with Crippen molar-refractivity contribution in [3.05, 3.63) is 35.1 Å². The highest BCUT2D eigenvalue weighted by molar-refractivity contribution is 9.10. The molecule has 12 nitrogen and oxygen atoms in total. The highest BCUT2D eigenvalue weighted by Crippen LogP contribution is 2.48. The molecule has 0 amide bonds. The highest BCUT2D eigenvalue weighted by atomic mass is 79.9. The van der Waals surface area contributed by atoms with E-state index in [1.807, 2.05) is 4.57 Å². The molecule has 34 heavy (non-hydrogen) atoms. The zero-order valence-electron chi connectivity index (χ0n) is 18.4. The molecule has 0 saturated heterocycles. The lowest BCUT2D eigenvalue weighted by Gasteiger charge is -2.36. The van der Waals surface area contributed by atoms with Gasteiger partial charge in [-0.25, -0.2) is 9.55 Å². The Labute approximate surface area is 203 Å². The van der Waals surface area contributed by atoms with Crippen molar-refractivity contribution in [1.29, 1.82) is 0 Å². The fourth-order valence-corrected chi connectivity index (χ4v) is 5.57. The number of imidazole rings is 1. The quantitative estimate of drug-likeness (QED) is 0.314. The smallest absolute Gasteiger partial charge is 0.459 e. The molecule has 1 fully saturated rings. The Kier molecular flexibility index (Phi) is 7.08. The summed E-state index contributed by atoms with van der Waals surface area (Å²) < 4.78 is 32.5. The largest absolute Gasteiger partial charge is 0.480 e. The second-order valence-electron chi connectivity index (χ2n) is 7.94. The fraction of sp³-hybridized carbons (Fsp3) is 0.400. The molecule has 1 saturated carbocycles. The van der Waals surface area contributed by atoms with Crippen LogP contribution in [0.25, 0.3) is 11.2 Å². The van der Waals surface area contributed by atoms with E-state index < -0.39 is 19.8 Å². The minimum atomic E-state index is -3.96. The maximum atomic E-state index is 13.4. The van der Waals surface area contributed by atoms with Crippen molar-refractivity contribution in [1.82, 2.24) is 24.6 Å². The van der Waals surface area contributed by atoms with Crippen LogP contribution in [0.15, 0.2) is 35.1 Å². The Morgan fingerprint density at radius 3 is 2.85 bits per heavy atom. The number of aromatic nitrogens is 4. The van der Waals surface area contributed by atoms with Gasteiger partial charge >= 0.3 is 13.7 Å². The van der Waals surface area contributed by atoms with Crippen molar-refractivity contribution in [2.24, 2.45) is 5.92 Å². The third-order valence-electron chi connectivity index (χ3n) is 5.43. The van der Waals surface area contributed by atoms with Gasteiger partial charge in [-0.1, -0.05) is 22.0 Å². The van der Waals surface area contributed by atoms with Crippen LogP contribution in [-0.2, 0) is 13.9 Å². The Morgan fingerprint density at radius 1 is 1.41 bits per heavy atom. The third kappa shape index (κ3) is 5.33. The number of nitrogens with one attached hydrogen (secondary N) is 1. The number of fused-ring (bicyclic) bond motifs is 1. The summed E-state index contributed by atoms with van der Waals surface area (Å²) in [7, 11) is -2.47. The molecule has 1 aromatic carbocycles. The highest BCUT2D eigenvalue weighted by Gasteiger charge is 2.37. The zero-order chi connectivity index (χ0) is 24.5. The number of nitrogens with two attached hydrogens (primary N) is 1. The molecule has 1 unspecified atom stereocenters. The van der Waals surface area contributed by atoms with E-state index in [1.54, 1.807) is 30.6 Å². The minimum Gasteiger partial charge on any atom is -0.480 e. The van der Waals surface area contributed by atoms with E-state index in [0.29, 0.717) is 29.9 Å². The Morgan fingerprint density at radius 2 is 2.18 bits per heavy atom. The predicted octanol–water partition coefficient (Wildman–Crippen LogP) is 3.40. The predicted molar refractivity (Wildman–Crippen MR) is 127 cm³/mol. The summed E-state index contributed by atoms with van der Waals surface area (Å²) in [5.74, 6) is -0.413. The van der Waals surface area contributed by atoms with Crippen LogP contribution in [0, 0.1) is 5.92 Å². The molecule has 4 N–H and O–H groups in total. The Balaban J connectivity index is 1.42. The van der Waals surface area contributed by atoms with Crippen molar-refractivity contribution >= 4 is 46.8 Å². The molecule has 0 radical (unpaired) electrons. The van der Waals surface area contributed by atoms with Gasteiger partial charge in [0.25, 0.3) is 0 Å². The number of hydrogen-bond donors (Lipinski definition) is 3. The molecule has 0 bridgehead atoms. The number of carboxylic acids is 1. The van der Waals surface area contributed by atoms with Gasteiger partial charge in [0.2, 0.25) is 11.8 Å². The Bertz CT molecular complexity index is 1250. The van der Waals surface area contributed by atoms with Gasteiger partial charge in [0.15, 0.2) is 11.2 Å². The molecule has 182 valence electrons. The molecular formula is C20H24BrN6O6P. The van der Waals surface area contributed by atoms with E-state index in [0.717, 1.165) is 4.47 Å². The molecule has 1 aliphatic rings. The molecule has 0 aliphatic heterocycles. The lowest BCUT2D eigenvalue weighted by atomic mass is 9.81. The summed E-state index contributed by atoms with van der Waals surface area (Å²) in [6.07, 6.45) is 3.09. The molecule has 2 heterocycles. The zero-order valence-corrected chi connectivity index (χ0v) is 20.9. The summed E-state index contributed by atoms with van der Waals surface area (Å²) in [6, 6.07) is 5.68. The van der Waals surface area contributed by atoms with Crippen molar-refractivity contribution in [2.45, 2.75) is 31.8 Å². The number of nitrogen functional groups attached to an aromatic ring is 1. The summed E-state index contributed by atoms with van der Waals surface area (Å²) in [5.41, 5.74) is 6.89. The van der Waals surface area contributed by atoms with E-state index in [2.05, 4.69) is 36.0 Å². The standard InChI is InChI=1S/C20H24BrN6O6P/c1-11(19(28)29)26-34(30,33-15-5-3-4-13(21)8-15)32-9-12-6-14(7-12)27-10-23-16-17(27)24-20(22)25-18(16)31-2/h3-5,8,10-12,14H,6-7,9H2,1-2H3,(H,26,30)(H,28,29)(H2,22,24,25)/t11-,12?,14?,34?/m0/s1. The van der Waals surface area contributed by atoms with E-state index >= 15 is 0 Å². The van der Waals surface area contributed by atoms with Crippen LogP contribution in [0.3, 0.4) is 0 Å². The Hall–Kier alpha value is -2.73. The van der Waals surface area contributed by atoms with Gasteiger partial charge in [0, 0.05) is 10.5 Å². The molecule has 3 aromatic rings. The topological polar surface area (TPSA) is 164 Å². The number of aliphatic carboxylic acids is 1. The van der Waals surface area contributed by atoms with Gasteiger partial charge in [-0.2, -0.15) is 15.1 Å². The lowest BCUT2D eigenvalue weighted by Crippen LogP contribution is -2.35. The van der Waals surface area contributed by atoms with E-state index in [9.17, 15) is 14.5 Å². The number of anilines is 1. The first-order valence-corrected chi connectivity index (χ1v) is 12.8. The minimum absolute atomic E-state index is 0.0740. The molecule has 0 spiro atoms. The number of ether oxygens (including phenoxy) is 1. The van der Waals surface area contributed by atoms with Crippen LogP contribution in [-0.4, -0.2) is 50.4 Å². The first kappa shape index (κ1) is 24.4. The van der Waals surface area contributed by atoms with Gasteiger partial charge < -0.3 is 24.7 Å². The molecule has 4 rings (SSSR count). The molecule has 1 aliphatic carbocycles. The van der Waals surface area contributed by atoms with Crippen molar-refractivity contribution in [2.75, 3.05) is 19.5 Å². The average Bonchev–Trinajstić information content (AvgIpc) is 3.15. The first-order valence-electron chi connectivity index (χ1n) is 10.4. The molecule has 2 atom stereocenters. The number of hydrogen-bond acceptors (Lipinski definition) is 9. The van der Waals surface area contributed by atoms with Gasteiger partial charge in [0.1, 0.15) is 11.8 Å². The van der Waals surface area contributed by atoms with Gasteiger partial charge in [0.05, 0.1) is 20.0 Å². The van der Waals surface area contributed by atoms with Crippen LogP contribution < -0.4 is 20.1 Å². The average molecular weight is 555 g/mol. The number of nitrogens with zero attached hydrogens (tertiary/aromatic N) is 4. The van der Waals surface area contributed by atoms with Crippen LogP contribution in [0.2, 0.25) is 0 Å². The summed E-state index contributed by atoms with van der Waals surface area (Å²) in [5, 5.41) is 11.7. The second kappa shape index (κ2) is 9.87. The molecular weight excluding hydrogens is 531 g/mol. The van der Waals surface area contributed by atoms with Crippen LogP contribution >= 0.6 is 23.7 Å². The monoisotopic (exact) mass is 554 g/mol. The van der Waals surface area contributed by atoms with E-state index in [-0.39, 0.29) is 30.3 Å². The maximum absolute atomic E-state index is 13.4.